The van der Waals surface area contributed by atoms with E-state index in [2.05, 4.69) is 15.6 Å². The number of carboxylic acids is 1. The van der Waals surface area contributed by atoms with Crippen molar-refractivity contribution in [1.29, 1.82) is 0 Å². The Morgan fingerprint density at radius 1 is 1.13 bits per heavy atom. The summed E-state index contributed by atoms with van der Waals surface area (Å²) in [4.78, 5) is 42.7. The SMILES string of the molecule is Cc1ccc(C2=N[C@H](NC(=O)[C@H](CCC(F)(F)F)[C@H](CC3CC3)C(=O)O)C(=O)Nc3c(F)cccc32)cc1. The van der Waals surface area contributed by atoms with Gasteiger partial charge in [0.2, 0.25) is 12.1 Å². The number of amides is 2. The number of aryl methyl sites for hydroxylation is 1. The largest absolute Gasteiger partial charge is 0.481 e. The van der Waals surface area contributed by atoms with Crippen molar-refractivity contribution in [2.45, 2.75) is 51.4 Å². The molecule has 202 valence electrons. The van der Waals surface area contributed by atoms with Gasteiger partial charge in [-0.3, -0.25) is 14.4 Å². The smallest absolute Gasteiger partial charge is 0.389 e. The minimum absolute atomic E-state index is 0.0297. The van der Waals surface area contributed by atoms with E-state index in [4.69, 9.17) is 0 Å². The number of carbonyl (C=O) groups excluding carboxylic acids is 2. The van der Waals surface area contributed by atoms with Crippen LogP contribution in [0.1, 0.15) is 48.8 Å². The number of carboxylic acid groups (broad SMARTS) is 1. The number of hydrogen-bond donors (Lipinski definition) is 3. The first-order chi connectivity index (χ1) is 17.9. The average Bonchev–Trinajstić information content (AvgIpc) is 3.67. The molecule has 0 unspecified atom stereocenters. The molecule has 0 bridgehead atoms. The van der Waals surface area contributed by atoms with Crippen LogP contribution in [0, 0.1) is 30.5 Å². The van der Waals surface area contributed by atoms with E-state index in [0.717, 1.165) is 24.5 Å². The van der Waals surface area contributed by atoms with E-state index < -0.39 is 60.6 Å². The zero-order valence-electron chi connectivity index (χ0n) is 20.5. The van der Waals surface area contributed by atoms with Crippen LogP contribution in [0.3, 0.4) is 0 Å². The highest BCUT2D eigenvalue weighted by Gasteiger charge is 2.41. The zero-order valence-corrected chi connectivity index (χ0v) is 20.5. The van der Waals surface area contributed by atoms with Gasteiger partial charge in [0.15, 0.2) is 0 Å². The number of anilines is 1. The summed E-state index contributed by atoms with van der Waals surface area (Å²) < 4.78 is 53.8. The maximum absolute atomic E-state index is 14.7. The lowest BCUT2D eigenvalue weighted by molar-refractivity contribution is -0.154. The summed E-state index contributed by atoms with van der Waals surface area (Å²) in [7, 11) is 0. The predicted molar refractivity (Wildman–Crippen MR) is 131 cm³/mol. The molecule has 11 heteroatoms. The van der Waals surface area contributed by atoms with Crippen LogP contribution in [-0.4, -0.2) is 40.9 Å². The molecule has 3 N–H and O–H groups in total. The van der Waals surface area contributed by atoms with Gasteiger partial charge in [-0.25, -0.2) is 9.38 Å². The van der Waals surface area contributed by atoms with Gasteiger partial charge in [-0.1, -0.05) is 54.8 Å². The zero-order chi connectivity index (χ0) is 27.6. The van der Waals surface area contributed by atoms with Gasteiger partial charge in [-0.2, -0.15) is 13.2 Å². The van der Waals surface area contributed by atoms with Crippen molar-refractivity contribution in [2.75, 3.05) is 5.32 Å². The third kappa shape index (κ3) is 6.56. The summed E-state index contributed by atoms with van der Waals surface area (Å²) in [5, 5.41) is 14.5. The maximum Gasteiger partial charge on any atom is 0.389 e. The number of alkyl halides is 3. The maximum atomic E-state index is 14.7. The molecule has 4 rings (SSSR count). The number of nitrogens with one attached hydrogen (secondary N) is 2. The third-order valence-corrected chi connectivity index (χ3v) is 6.79. The first-order valence-corrected chi connectivity index (χ1v) is 12.3. The average molecular weight is 534 g/mol. The summed E-state index contributed by atoms with van der Waals surface area (Å²) in [5.41, 5.74) is 1.74. The minimum Gasteiger partial charge on any atom is -0.481 e. The number of benzodiazepines with no additional fused rings is 1. The van der Waals surface area contributed by atoms with Crippen molar-refractivity contribution in [3.63, 3.8) is 0 Å². The third-order valence-electron chi connectivity index (χ3n) is 6.79. The normalized spacial score (nSPS) is 18.9. The van der Waals surface area contributed by atoms with Crippen molar-refractivity contribution in [2.24, 2.45) is 22.7 Å². The Labute approximate surface area is 216 Å². The Morgan fingerprint density at radius 2 is 1.82 bits per heavy atom. The molecule has 0 aromatic heterocycles. The molecule has 1 fully saturated rings. The van der Waals surface area contributed by atoms with Gasteiger partial charge in [-0.15, -0.1) is 0 Å². The molecule has 1 saturated carbocycles. The number of aliphatic imine (C=N–C) groups is 1. The van der Waals surface area contributed by atoms with E-state index in [1.165, 1.54) is 6.07 Å². The molecule has 2 aromatic carbocycles. The van der Waals surface area contributed by atoms with E-state index in [1.54, 1.807) is 30.3 Å². The second-order valence-electron chi connectivity index (χ2n) is 9.79. The van der Waals surface area contributed by atoms with Gasteiger partial charge in [-0.05, 0) is 31.7 Å². The van der Waals surface area contributed by atoms with Crippen LogP contribution in [-0.2, 0) is 14.4 Å². The first-order valence-electron chi connectivity index (χ1n) is 12.3. The topological polar surface area (TPSA) is 108 Å². The van der Waals surface area contributed by atoms with Crippen LogP contribution in [0.5, 0.6) is 0 Å². The van der Waals surface area contributed by atoms with Gasteiger partial charge in [0.1, 0.15) is 5.82 Å². The lowest BCUT2D eigenvalue weighted by Crippen LogP contribution is -2.47. The number of para-hydroxylation sites is 1. The summed E-state index contributed by atoms with van der Waals surface area (Å²) in [6.45, 7) is 1.86. The van der Waals surface area contributed by atoms with Gasteiger partial charge in [0.05, 0.1) is 23.2 Å². The fourth-order valence-corrected chi connectivity index (χ4v) is 4.56. The van der Waals surface area contributed by atoms with E-state index >= 15 is 0 Å². The molecule has 1 heterocycles. The number of fused-ring (bicyclic) bond motifs is 1. The van der Waals surface area contributed by atoms with E-state index in [9.17, 15) is 37.1 Å². The van der Waals surface area contributed by atoms with Gasteiger partial charge >= 0.3 is 12.1 Å². The van der Waals surface area contributed by atoms with Crippen molar-refractivity contribution in [1.82, 2.24) is 5.32 Å². The molecule has 0 radical (unpaired) electrons. The molecule has 3 atom stereocenters. The summed E-state index contributed by atoms with van der Waals surface area (Å²) in [6.07, 6.45) is -6.78. The highest BCUT2D eigenvalue weighted by Crippen LogP contribution is 2.39. The van der Waals surface area contributed by atoms with E-state index in [1.807, 2.05) is 6.92 Å². The van der Waals surface area contributed by atoms with Crippen LogP contribution in [0.4, 0.5) is 23.2 Å². The lowest BCUT2D eigenvalue weighted by atomic mass is 9.83. The molecule has 2 amide bonds. The quantitative estimate of drug-likeness (QED) is 0.402. The second kappa shape index (κ2) is 10.9. The lowest BCUT2D eigenvalue weighted by Gasteiger charge is -2.25. The standard InChI is InChI=1S/C27H27F4N3O4/c1-14-5-9-16(10-6-14)21-18-3-2-4-20(28)22(18)33-25(36)23(32-21)34-24(35)17(11-12-27(29,30)31)19(26(37)38)13-15-7-8-15/h2-6,9-10,15,17,19,23H,7-8,11-13H2,1H3,(H,33,36)(H,34,35)(H,37,38)/t17-,19+,23-/m1/s1. The van der Waals surface area contributed by atoms with Gasteiger partial charge < -0.3 is 15.7 Å². The Morgan fingerprint density at radius 3 is 2.42 bits per heavy atom. The number of halogens is 4. The molecular weight excluding hydrogens is 506 g/mol. The minimum atomic E-state index is -4.60. The van der Waals surface area contributed by atoms with E-state index in [-0.39, 0.29) is 29.3 Å². The molecule has 2 aromatic rings. The van der Waals surface area contributed by atoms with Crippen molar-refractivity contribution in [3.05, 3.63) is 65.0 Å². The molecule has 2 aliphatic rings. The van der Waals surface area contributed by atoms with Gasteiger partial charge in [0, 0.05) is 17.5 Å². The number of hydrogen-bond acceptors (Lipinski definition) is 4. The Balaban J connectivity index is 1.69. The number of nitrogens with zero attached hydrogens (tertiary/aromatic N) is 1. The molecule has 1 aliphatic carbocycles. The highest BCUT2D eigenvalue weighted by atomic mass is 19.4. The Bertz CT molecular complexity index is 1260. The predicted octanol–water partition coefficient (Wildman–Crippen LogP) is 4.83. The molecule has 38 heavy (non-hydrogen) atoms. The summed E-state index contributed by atoms with van der Waals surface area (Å²) in [6, 6.07) is 11.1. The Hall–Kier alpha value is -3.76. The number of aliphatic carboxylic acids is 1. The first kappa shape index (κ1) is 27.3. The molecule has 1 aliphatic heterocycles. The second-order valence-corrected chi connectivity index (χ2v) is 9.79. The number of benzene rings is 2. The van der Waals surface area contributed by atoms with Crippen molar-refractivity contribution >= 4 is 29.2 Å². The van der Waals surface area contributed by atoms with Crippen molar-refractivity contribution < 1.29 is 37.1 Å². The van der Waals surface area contributed by atoms with Crippen LogP contribution in [0.15, 0.2) is 47.5 Å². The van der Waals surface area contributed by atoms with Crippen LogP contribution in [0.25, 0.3) is 0 Å². The van der Waals surface area contributed by atoms with Gasteiger partial charge in [0.25, 0.3) is 5.91 Å². The molecule has 0 saturated heterocycles. The fourth-order valence-electron chi connectivity index (χ4n) is 4.56. The molecular formula is C27H27F4N3O4. The summed E-state index contributed by atoms with van der Waals surface area (Å²) >= 11 is 0. The van der Waals surface area contributed by atoms with Crippen LogP contribution < -0.4 is 10.6 Å². The molecule has 0 spiro atoms. The number of rotatable bonds is 9. The highest BCUT2D eigenvalue weighted by molar-refractivity contribution is 6.20. The Kier molecular flexibility index (Phi) is 7.84. The fraction of sp³-hybridized carbons (Fsp3) is 0.407. The monoisotopic (exact) mass is 533 g/mol. The summed E-state index contributed by atoms with van der Waals surface area (Å²) in [5.74, 6) is -6.90. The molecule has 7 nitrogen and oxygen atoms in total. The van der Waals surface area contributed by atoms with Crippen LogP contribution >= 0.6 is 0 Å². The van der Waals surface area contributed by atoms with Crippen LogP contribution in [0.2, 0.25) is 0 Å². The number of carbonyl (C=O) groups is 3. The van der Waals surface area contributed by atoms with E-state index in [0.29, 0.717) is 5.56 Å². The van der Waals surface area contributed by atoms with Crippen molar-refractivity contribution in [3.8, 4) is 0 Å².